The lowest BCUT2D eigenvalue weighted by Gasteiger charge is -2.28. The number of halogens is 4. The second kappa shape index (κ2) is 10.2. The van der Waals surface area contributed by atoms with Crippen molar-refractivity contribution in [3.63, 3.8) is 0 Å². The van der Waals surface area contributed by atoms with E-state index in [0.717, 1.165) is 0 Å². The zero-order valence-electron chi connectivity index (χ0n) is 14.9. The smallest absolute Gasteiger partial charge is 0.428 e. The first kappa shape index (κ1) is 27.8. The van der Waals surface area contributed by atoms with Gasteiger partial charge in [-0.1, -0.05) is 0 Å². The molecule has 0 N–H and O–H groups in total. The molecule has 168 valence electrons. The Morgan fingerprint density at radius 3 is 1.73 bits per heavy atom. The van der Waals surface area contributed by atoms with Gasteiger partial charge in [0.05, 0.1) is 20.0 Å². The second-order valence-electron chi connectivity index (χ2n) is 5.38. The van der Waals surface area contributed by atoms with E-state index >= 15 is 0 Å². The minimum Gasteiger partial charge on any atom is -0.743 e. The first-order valence-electron chi connectivity index (χ1n) is 7.45. The summed E-state index contributed by atoms with van der Waals surface area (Å²) in [4.78, 5) is 34.3. The zero-order valence-corrected chi connectivity index (χ0v) is 15.7. The normalized spacial score (nSPS) is 12.8. The molecule has 0 aliphatic rings. The monoisotopic (exact) mass is 460 g/mol. The molecule has 8 radical (unpaired) electrons. The topological polar surface area (TPSA) is 139 Å². The Balaban J connectivity index is 5.06. The van der Waals surface area contributed by atoms with Gasteiger partial charge >= 0.3 is 29.2 Å². The van der Waals surface area contributed by atoms with Crippen LogP contribution in [0.3, 0.4) is 0 Å². The van der Waals surface area contributed by atoms with Crippen LogP contribution in [0, 0.1) is 27.7 Å². The van der Waals surface area contributed by atoms with Gasteiger partial charge in [-0.2, -0.15) is 17.6 Å². The highest BCUT2D eigenvalue weighted by Gasteiger charge is 2.48. The number of hydrogen-bond donors (Lipinski definition) is 0. The molecule has 0 atom stereocenters. The minimum absolute atomic E-state index is 0.434. The average molecular weight is 460 g/mol. The van der Waals surface area contributed by atoms with Crippen molar-refractivity contribution in [1.82, 2.24) is 4.90 Å². The van der Waals surface area contributed by atoms with E-state index in [9.17, 15) is 44.9 Å². The predicted octanol–water partition coefficient (Wildman–Crippen LogP) is 0.258. The van der Waals surface area contributed by atoms with E-state index in [4.69, 9.17) is 20.8 Å². The maximum atomic E-state index is 13.0. The molecule has 0 saturated carbocycles. The van der Waals surface area contributed by atoms with Crippen LogP contribution < -0.4 is 0 Å². The fraction of sp³-hybridized carbons (Fsp3) is 0.533. The first-order chi connectivity index (χ1) is 13.3. The maximum absolute atomic E-state index is 13.0. The van der Waals surface area contributed by atoms with Crippen molar-refractivity contribution in [2.24, 2.45) is 0 Å². The summed E-state index contributed by atoms with van der Waals surface area (Å²) in [7, 11) is -6.38. The van der Waals surface area contributed by atoms with Crippen molar-refractivity contribution >= 4 is 28.1 Å². The van der Waals surface area contributed by atoms with Gasteiger partial charge in [-0.25, -0.2) is 22.8 Å². The highest BCUT2D eigenvalue weighted by molar-refractivity contribution is 7.87. The van der Waals surface area contributed by atoms with Crippen LogP contribution in [0.4, 0.5) is 22.4 Å². The number of amides is 1. The number of nitrogens with zero attached hydrogens (tertiary/aromatic N) is 1. The zero-order chi connectivity index (χ0) is 24.0. The molecule has 0 aromatic rings. The largest absolute Gasteiger partial charge is 0.743 e. The summed E-state index contributed by atoms with van der Waals surface area (Å²) < 4.78 is 94.5. The Kier molecular flexibility index (Phi) is 9.50. The van der Waals surface area contributed by atoms with Gasteiger partial charge in [0.15, 0.2) is 10.1 Å². The summed E-state index contributed by atoms with van der Waals surface area (Å²) in [6.07, 6.45) is -2.05. The molecule has 0 spiro atoms. The summed E-state index contributed by atoms with van der Waals surface area (Å²) in [6, 6.07) is 0. The van der Waals surface area contributed by atoms with Gasteiger partial charge in [0.25, 0.3) is 0 Å². The number of ether oxygens (including phenoxy) is 3. The molecule has 0 rings (SSSR count). The average Bonchev–Trinajstić information content (AvgIpc) is 2.57. The van der Waals surface area contributed by atoms with Crippen molar-refractivity contribution in [3.05, 3.63) is 27.7 Å². The van der Waals surface area contributed by atoms with Gasteiger partial charge in [-0.3, -0.25) is 0 Å². The van der Waals surface area contributed by atoms with Crippen LogP contribution in [0.1, 0.15) is 6.42 Å². The predicted molar refractivity (Wildman–Crippen MR) is 84.1 cm³/mol. The second-order valence-corrected chi connectivity index (χ2v) is 6.80. The van der Waals surface area contributed by atoms with E-state index in [1.54, 1.807) is 0 Å². The van der Waals surface area contributed by atoms with Crippen LogP contribution in [0.15, 0.2) is 0 Å². The fourth-order valence-corrected chi connectivity index (χ4v) is 1.61. The van der Waals surface area contributed by atoms with Crippen LogP contribution in [0.5, 0.6) is 0 Å². The lowest BCUT2D eigenvalue weighted by molar-refractivity contribution is -0.166. The third kappa shape index (κ3) is 8.69. The standard InChI is InChI=1S/C15H15F4NO9S/c1-5-13(2,3)29-12(23)20(6-8-27-10(21)14(4,16)17)7-9-28-11(22)15(18,19)30(24,25)26/h1-4H,5-9H2,(H,24,25,26)/p-1. The van der Waals surface area contributed by atoms with E-state index in [1.807, 2.05) is 0 Å². The number of esters is 2. The molecule has 15 heteroatoms. The van der Waals surface area contributed by atoms with Gasteiger partial charge in [-0.15, -0.1) is 0 Å². The van der Waals surface area contributed by atoms with Crippen LogP contribution in [-0.2, 0) is 33.9 Å². The number of alkyl halides is 4. The third-order valence-corrected chi connectivity index (χ3v) is 3.66. The van der Waals surface area contributed by atoms with Gasteiger partial charge in [0, 0.05) is 13.8 Å². The molecule has 0 heterocycles. The van der Waals surface area contributed by atoms with E-state index < -0.39 is 77.7 Å². The van der Waals surface area contributed by atoms with E-state index in [1.165, 1.54) is 0 Å². The molecular formula is C15H14F4NO9S-. The Morgan fingerprint density at radius 1 is 0.933 bits per heavy atom. The van der Waals surface area contributed by atoms with Crippen molar-refractivity contribution in [2.45, 2.75) is 23.2 Å². The number of hydrogen-bond acceptors (Lipinski definition) is 9. The molecule has 0 fully saturated rings. The number of carbonyl (C=O) groups is 3. The van der Waals surface area contributed by atoms with Crippen LogP contribution in [0.25, 0.3) is 0 Å². The molecule has 0 aromatic heterocycles. The summed E-state index contributed by atoms with van der Waals surface area (Å²) in [5.74, 6) is -9.26. The van der Waals surface area contributed by atoms with Crippen LogP contribution >= 0.6 is 0 Å². The molecule has 0 aromatic carbocycles. The molecule has 0 aliphatic heterocycles. The summed E-state index contributed by atoms with van der Waals surface area (Å²) in [5, 5.41) is -5.41. The van der Waals surface area contributed by atoms with Crippen molar-refractivity contribution in [3.8, 4) is 0 Å². The molecule has 10 nitrogen and oxygen atoms in total. The highest BCUT2D eigenvalue weighted by atomic mass is 32.2. The quantitative estimate of drug-likeness (QED) is 0.184. The first-order valence-corrected chi connectivity index (χ1v) is 8.86. The molecular weight excluding hydrogens is 446 g/mol. The van der Waals surface area contributed by atoms with Gasteiger partial charge in [-0.05, 0) is 13.3 Å². The van der Waals surface area contributed by atoms with Crippen molar-refractivity contribution in [2.75, 3.05) is 26.3 Å². The summed E-state index contributed by atoms with van der Waals surface area (Å²) in [5.41, 5.74) is -2.23. The minimum atomic E-state index is -6.38. The molecule has 0 bridgehead atoms. The Morgan fingerprint density at radius 2 is 1.37 bits per heavy atom. The summed E-state index contributed by atoms with van der Waals surface area (Å²) >= 11 is 0. The summed E-state index contributed by atoms with van der Waals surface area (Å²) in [6.45, 7) is 16.2. The highest BCUT2D eigenvalue weighted by Crippen LogP contribution is 2.22. The van der Waals surface area contributed by atoms with Crippen molar-refractivity contribution < 1.29 is 59.1 Å². The van der Waals surface area contributed by atoms with Gasteiger partial charge in [0.1, 0.15) is 18.8 Å². The number of carbonyl (C=O) groups excluding carboxylic acids is 3. The molecule has 0 unspecified atom stereocenters. The SMILES string of the molecule is [CH]CC([CH])([CH])OC(=O)N(CCOC(=O)C([CH])(F)F)CCOC(=O)C(F)(F)S(=O)(=O)[O-]. The Hall–Kier alpha value is -2.16. The van der Waals surface area contributed by atoms with Gasteiger partial charge < -0.3 is 23.7 Å². The van der Waals surface area contributed by atoms with E-state index in [2.05, 4.69) is 21.1 Å². The molecule has 30 heavy (non-hydrogen) atoms. The van der Waals surface area contributed by atoms with Crippen LogP contribution in [-0.4, -0.2) is 79.0 Å². The maximum Gasteiger partial charge on any atom is 0.428 e. The number of rotatable bonds is 11. The van der Waals surface area contributed by atoms with E-state index in [0.29, 0.717) is 4.90 Å². The van der Waals surface area contributed by atoms with Crippen molar-refractivity contribution in [1.29, 1.82) is 0 Å². The van der Waals surface area contributed by atoms with Gasteiger partial charge in [0.2, 0.25) is 0 Å². The van der Waals surface area contributed by atoms with E-state index in [-0.39, 0.29) is 0 Å². The lowest BCUT2D eigenvalue weighted by atomic mass is 10.1. The lowest BCUT2D eigenvalue weighted by Crippen LogP contribution is -2.44. The molecule has 0 saturated heterocycles. The Bertz CT molecular complexity index is 735. The third-order valence-electron chi connectivity index (χ3n) is 2.87. The molecule has 1 amide bonds. The fourth-order valence-electron chi connectivity index (χ4n) is 1.34. The Labute approximate surface area is 170 Å². The molecule has 0 aliphatic carbocycles. The van der Waals surface area contributed by atoms with Crippen LogP contribution in [0.2, 0.25) is 0 Å².